The number of hydrogen-bond donors (Lipinski definition) is 0. The monoisotopic (exact) mass is 214 g/mol. The maximum atomic E-state index is 10.8. The van der Waals surface area contributed by atoms with Gasteiger partial charge in [-0.15, -0.1) is 0 Å². The van der Waals surface area contributed by atoms with Crippen LogP contribution < -0.4 is 0 Å². The zero-order chi connectivity index (χ0) is 11.4. The third-order valence-electron chi connectivity index (χ3n) is 2.33. The molecule has 0 saturated heterocycles. The Bertz CT molecular complexity index is 503. The van der Waals surface area contributed by atoms with Crippen LogP contribution in [0.3, 0.4) is 0 Å². The van der Waals surface area contributed by atoms with E-state index in [1.54, 1.807) is 4.57 Å². The third kappa shape index (κ3) is 1.91. The first-order valence-electron chi connectivity index (χ1n) is 4.84. The SMILES string of the molecule is O=Cc1ncn(Cc2ccccc2)c1C=O. The van der Waals surface area contributed by atoms with Gasteiger partial charge >= 0.3 is 0 Å². The molecule has 0 N–H and O–H groups in total. The number of aromatic nitrogens is 2. The van der Waals surface area contributed by atoms with E-state index >= 15 is 0 Å². The van der Waals surface area contributed by atoms with Gasteiger partial charge in [-0.25, -0.2) is 4.98 Å². The Hall–Kier alpha value is -2.23. The molecule has 1 aromatic carbocycles. The summed E-state index contributed by atoms with van der Waals surface area (Å²) in [7, 11) is 0. The first-order chi connectivity index (χ1) is 7.85. The molecule has 1 aromatic heterocycles. The molecule has 0 saturated carbocycles. The van der Waals surface area contributed by atoms with Crippen molar-refractivity contribution in [3.05, 3.63) is 53.6 Å². The Morgan fingerprint density at radius 2 is 1.88 bits per heavy atom. The Kier molecular flexibility index (Phi) is 2.91. The Morgan fingerprint density at radius 3 is 2.50 bits per heavy atom. The largest absolute Gasteiger partial charge is 0.323 e. The van der Waals surface area contributed by atoms with E-state index in [2.05, 4.69) is 4.98 Å². The van der Waals surface area contributed by atoms with Crippen molar-refractivity contribution in [3.63, 3.8) is 0 Å². The molecule has 4 heteroatoms. The van der Waals surface area contributed by atoms with Crippen molar-refractivity contribution in [2.45, 2.75) is 6.54 Å². The summed E-state index contributed by atoms with van der Waals surface area (Å²) in [6.45, 7) is 0.537. The highest BCUT2D eigenvalue weighted by molar-refractivity contribution is 5.86. The van der Waals surface area contributed by atoms with Gasteiger partial charge in [-0.1, -0.05) is 30.3 Å². The summed E-state index contributed by atoms with van der Waals surface area (Å²) in [6.07, 6.45) is 2.74. The molecule has 1 heterocycles. The van der Waals surface area contributed by atoms with E-state index < -0.39 is 0 Å². The summed E-state index contributed by atoms with van der Waals surface area (Å²) in [5, 5.41) is 0. The summed E-state index contributed by atoms with van der Waals surface area (Å²) in [6, 6.07) is 9.68. The lowest BCUT2D eigenvalue weighted by molar-refractivity contribution is 0.108. The van der Waals surface area contributed by atoms with Crippen molar-refractivity contribution >= 4 is 12.6 Å². The first kappa shape index (κ1) is 10.3. The van der Waals surface area contributed by atoms with Crippen LogP contribution in [0.2, 0.25) is 0 Å². The minimum atomic E-state index is 0.186. The van der Waals surface area contributed by atoms with E-state index in [0.717, 1.165) is 5.56 Å². The number of rotatable bonds is 4. The van der Waals surface area contributed by atoms with Gasteiger partial charge < -0.3 is 4.57 Å². The molecule has 16 heavy (non-hydrogen) atoms. The van der Waals surface area contributed by atoms with Gasteiger partial charge in [0, 0.05) is 6.54 Å². The van der Waals surface area contributed by atoms with Crippen LogP contribution in [0.1, 0.15) is 26.5 Å². The third-order valence-corrected chi connectivity index (χ3v) is 2.33. The summed E-state index contributed by atoms with van der Waals surface area (Å²) in [4.78, 5) is 25.3. The smallest absolute Gasteiger partial charge is 0.170 e. The highest BCUT2D eigenvalue weighted by Gasteiger charge is 2.08. The maximum absolute atomic E-state index is 10.8. The summed E-state index contributed by atoms with van der Waals surface area (Å²) in [5.41, 5.74) is 1.56. The lowest BCUT2D eigenvalue weighted by Crippen LogP contribution is -2.03. The molecule has 0 radical (unpaired) electrons. The quantitative estimate of drug-likeness (QED) is 0.725. The molecule has 0 aliphatic rings. The lowest BCUT2D eigenvalue weighted by Gasteiger charge is -2.03. The second kappa shape index (κ2) is 4.53. The van der Waals surface area contributed by atoms with Crippen molar-refractivity contribution < 1.29 is 9.59 Å². The van der Waals surface area contributed by atoms with E-state index in [0.29, 0.717) is 24.8 Å². The number of nitrogens with zero attached hydrogens (tertiary/aromatic N) is 2. The number of carbonyl (C=O) groups is 2. The predicted molar refractivity (Wildman–Crippen MR) is 58.5 cm³/mol. The van der Waals surface area contributed by atoms with E-state index in [1.165, 1.54) is 6.33 Å². The van der Waals surface area contributed by atoms with Crippen LogP contribution in [-0.4, -0.2) is 22.1 Å². The van der Waals surface area contributed by atoms with Gasteiger partial charge in [-0.2, -0.15) is 0 Å². The van der Waals surface area contributed by atoms with Crippen LogP contribution >= 0.6 is 0 Å². The normalized spacial score (nSPS) is 10.0. The number of aldehydes is 2. The number of carbonyl (C=O) groups excluding carboxylic acids is 2. The maximum Gasteiger partial charge on any atom is 0.170 e. The summed E-state index contributed by atoms with van der Waals surface area (Å²) in [5.74, 6) is 0. The van der Waals surface area contributed by atoms with Crippen molar-refractivity contribution in [1.29, 1.82) is 0 Å². The molecule has 0 aliphatic carbocycles. The minimum absolute atomic E-state index is 0.186. The lowest BCUT2D eigenvalue weighted by atomic mass is 10.2. The zero-order valence-electron chi connectivity index (χ0n) is 8.54. The first-order valence-corrected chi connectivity index (χ1v) is 4.84. The van der Waals surface area contributed by atoms with Gasteiger partial charge in [0.15, 0.2) is 12.6 Å². The van der Waals surface area contributed by atoms with E-state index in [9.17, 15) is 9.59 Å². The van der Waals surface area contributed by atoms with Gasteiger partial charge in [-0.05, 0) is 5.56 Å². The van der Waals surface area contributed by atoms with Crippen molar-refractivity contribution in [2.75, 3.05) is 0 Å². The molecule has 0 fully saturated rings. The molecular weight excluding hydrogens is 204 g/mol. The van der Waals surface area contributed by atoms with E-state index in [4.69, 9.17) is 0 Å². The molecular formula is C12H10N2O2. The Labute approximate surface area is 92.5 Å². The minimum Gasteiger partial charge on any atom is -0.323 e. The van der Waals surface area contributed by atoms with Crippen molar-refractivity contribution in [2.24, 2.45) is 0 Å². The molecule has 0 bridgehead atoms. The second-order valence-electron chi connectivity index (χ2n) is 3.36. The topological polar surface area (TPSA) is 52.0 Å². The fraction of sp³-hybridized carbons (Fsp3) is 0.0833. The average Bonchev–Trinajstić information content (AvgIpc) is 2.72. The van der Waals surface area contributed by atoms with Crippen LogP contribution in [-0.2, 0) is 6.54 Å². The fourth-order valence-electron chi connectivity index (χ4n) is 1.53. The summed E-state index contributed by atoms with van der Waals surface area (Å²) >= 11 is 0. The molecule has 2 rings (SSSR count). The number of hydrogen-bond acceptors (Lipinski definition) is 3. The summed E-state index contributed by atoms with van der Waals surface area (Å²) < 4.78 is 1.66. The highest BCUT2D eigenvalue weighted by Crippen LogP contribution is 2.07. The molecule has 0 spiro atoms. The molecule has 2 aromatic rings. The molecule has 0 atom stereocenters. The number of benzene rings is 1. The molecule has 0 aliphatic heterocycles. The van der Waals surface area contributed by atoms with Crippen LogP contribution in [0.5, 0.6) is 0 Å². The zero-order valence-corrected chi connectivity index (χ0v) is 8.54. The van der Waals surface area contributed by atoms with E-state index in [-0.39, 0.29) is 5.69 Å². The van der Waals surface area contributed by atoms with Crippen LogP contribution in [0.4, 0.5) is 0 Å². The fourth-order valence-corrected chi connectivity index (χ4v) is 1.53. The van der Waals surface area contributed by atoms with Gasteiger partial charge in [0.1, 0.15) is 11.4 Å². The molecule has 80 valence electrons. The second-order valence-corrected chi connectivity index (χ2v) is 3.36. The Balaban J connectivity index is 2.32. The van der Waals surface area contributed by atoms with Crippen LogP contribution in [0.15, 0.2) is 36.7 Å². The average molecular weight is 214 g/mol. The predicted octanol–water partition coefficient (Wildman–Crippen LogP) is 1.56. The van der Waals surface area contributed by atoms with E-state index in [1.807, 2.05) is 30.3 Å². The number of imidazole rings is 1. The Morgan fingerprint density at radius 1 is 1.12 bits per heavy atom. The molecule has 4 nitrogen and oxygen atoms in total. The van der Waals surface area contributed by atoms with Gasteiger partial charge in [0.05, 0.1) is 6.33 Å². The van der Waals surface area contributed by atoms with Gasteiger partial charge in [0.25, 0.3) is 0 Å². The van der Waals surface area contributed by atoms with Crippen LogP contribution in [0.25, 0.3) is 0 Å². The standard InChI is InChI=1S/C12H10N2O2/c15-7-11-12(8-16)14(9-13-11)6-10-4-2-1-3-5-10/h1-5,7-9H,6H2. The highest BCUT2D eigenvalue weighted by atomic mass is 16.1. The van der Waals surface area contributed by atoms with Crippen molar-refractivity contribution in [1.82, 2.24) is 9.55 Å². The molecule has 0 unspecified atom stereocenters. The van der Waals surface area contributed by atoms with Gasteiger partial charge in [0.2, 0.25) is 0 Å². The van der Waals surface area contributed by atoms with Crippen molar-refractivity contribution in [3.8, 4) is 0 Å². The molecule has 0 amide bonds. The van der Waals surface area contributed by atoms with Crippen LogP contribution in [0, 0.1) is 0 Å². The van der Waals surface area contributed by atoms with Gasteiger partial charge in [-0.3, -0.25) is 9.59 Å².